The summed E-state index contributed by atoms with van der Waals surface area (Å²) in [4.78, 5) is 8.89. The first kappa shape index (κ1) is 62.4. The second-order valence-electron chi connectivity index (χ2n) is 24.3. The third-order valence-corrected chi connectivity index (χ3v) is 17.6. The maximum atomic E-state index is 8.89. The van der Waals surface area contributed by atoms with Gasteiger partial charge in [-0.05, 0) is 191 Å². The first-order chi connectivity index (χ1) is 38.8. The van der Waals surface area contributed by atoms with Crippen LogP contribution in [0.3, 0.4) is 0 Å². The van der Waals surface area contributed by atoms with Crippen LogP contribution in [0.4, 0.5) is 0 Å². The van der Waals surface area contributed by atoms with Crippen LogP contribution in [0.25, 0.3) is 77.2 Å². The van der Waals surface area contributed by atoms with Crippen molar-refractivity contribution < 1.29 is 89.2 Å². The Morgan fingerprint density at radius 3 is 1.04 bits per heavy atom. The fourth-order valence-electron chi connectivity index (χ4n) is 10.5. The zero-order chi connectivity index (χ0) is 58.6. The Kier molecular flexibility index (Phi) is 18.3. The molecule has 5 heterocycles. The van der Waals surface area contributed by atoms with Crippen LogP contribution in [0.15, 0.2) is 199 Å². The van der Waals surface area contributed by atoms with E-state index in [-0.39, 0.29) is 92.1 Å². The molecule has 0 unspecified atom stereocenters. The summed E-state index contributed by atoms with van der Waals surface area (Å²) in [6.45, 7) is 25.5. The molecule has 10 nitrogen and oxygen atoms in total. The second kappa shape index (κ2) is 24.3. The van der Waals surface area contributed by atoms with Gasteiger partial charge in [-0.2, -0.15) is 0 Å². The largest absolute Gasteiger partial charge is 1.00 e. The molecule has 3 aliphatic heterocycles. The van der Waals surface area contributed by atoms with E-state index in [1.165, 1.54) is 77.2 Å². The summed E-state index contributed by atoms with van der Waals surface area (Å²) in [5, 5.41) is 14.0. The molecule has 0 N–H and O–H groups in total. The Bertz CT molecular complexity index is 3840. The van der Waals surface area contributed by atoms with Crippen LogP contribution in [0.5, 0.6) is 0 Å². The minimum atomic E-state index is -1.08. The van der Waals surface area contributed by atoms with Crippen molar-refractivity contribution in [3.8, 4) is 33.6 Å². The summed E-state index contributed by atoms with van der Waals surface area (Å²) in [5.74, 6) is -1.08. The molecule has 3 aliphatic rings. The van der Waals surface area contributed by atoms with Gasteiger partial charge in [-0.1, -0.05) is 137 Å². The van der Waals surface area contributed by atoms with E-state index in [2.05, 4.69) is 247 Å². The molecule has 418 valence electrons. The maximum absolute atomic E-state index is 8.89. The van der Waals surface area contributed by atoms with Crippen molar-refractivity contribution in [1.82, 2.24) is 9.13 Å². The number of carbonyl (C=O) groups is 1. The number of rotatable bonds is 6. The Balaban J connectivity index is 0.000000150. The van der Waals surface area contributed by atoms with Crippen LogP contribution in [-0.4, -0.2) is 69.8 Å². The first-order valence-corrected chi connectivity index (χ1v) is 28.8. The quantitative estimate of drug-likeness (QED) is 0.152. The van der Waals surface area contributed by atoms with Gasteiger partial charge in [0.1, 0.15) is 0 Å². The summed E-state index contributed by atoms with van der Waals surface area (Å²) in [6.07, 6.45) is 0. The number of para-hydroxylation sites is 4. The average molecular weight is 1200 g/mol. The number of carboxylic acid groups (broad SMARTS) is 1. The molecule has 0 amide bonds. The molecule has 0 bridgehead atoms. The van der Waals surface area contributed by atoms with E-state index in [0.717, 1.165) is 16.9 Å². The van der Waals surface area contributed by atoms with E-state index in [4.69, 9.17) is 37.8 Å². The van der Waals surface area contributed by atoms with E-state index in [9.17, 15) is 0 Å². The fourth-order valence-corrected chi connectivity index (χ4v) is 10.7. The van der Waals surface area contributed by atoms with Crippen molar-refractivity contribution in [2.24, 2.45) is 0 Å². The van der Waals surface area contributed by atoms with Crippen LogP contribution in [0, 0.1) is 0 Å². The fraction of sp³-hybridized carbons (Fsp3) is 0.279. The minimum Gasteiger partial charge on any atom is -0.550 e. The second-order valence-corrected chi connectivity index (χ2v) is 25.2. The molecular weight excluding hydrogens is 1120 g/mol. The normalized spacial score (nSPS) is 17.7. The molecule has 3 saturated heterocycles. The molecule has 0 aliphatic carbocycles. The van der Waals surface area contributed by atoms with Crippen LogP contribution < -0.4 is 62.0 Å². The number of benzene rings is 8. The van der Waals surface area contributed by atoms with Gasteiger partial charge < -0.3 is 47.0 Å². The van der Waals surface area contributed by atoms with Gasteiger partial charge in [0.2, 0.25) is 0 Å². The van der Waals surface area contributed by atoms with Gasteiger partial charge in [0.25, 0.3) is 0 Å². The van der Waals surface area contributed by atoms with Gasteiger partial charge in [-0.15, -0.1) is 0 Å². The number of halogens is 1. The van der Waals surface area contributed by atoms with E-state index in [0.29, 0.717) is 0 Å². The molecule has 0 saturated carbocycles. The SMILES string of the molecule is Brc1ccc(-c2ccc3c(c2)c2ccccc2n3-c2ccccc2)cc1.CC(=O)[O-].CC1(C)OB(B2OC(C)(C)C(C)(C)O2)OC1(C)C.CC1(C)OB(c2ccc(-c3ccc4c(c3)c3ccccc3n4-c3ccccc3)cc2)OC1(C)C.[K+]. The maximum Gasteiger partial charge on any atom is 1.00 e. The third-order valence-electron chi connectivity index (χ3n) is 17.1. The van der Waals surface area contributed by atoms with E-state index >= 15 is 0 Å². The molecule has 15 heteroatoms. The molecule has 0 atom stereocenters. The minimum absolute atomic E-state index is 0. The van der Waals surface area contributed by atoms with Crippen molar-refractivity contribution in [3.63, 3.8) is 0 Å². The predicted molar refractivity (Wildman–Crippen MR) is 339 cm³/mol. The monoisotopic (exact) mass is 1190 g/mol. The molecule has 83 heavy (non-hydrogen) atoms. The number of fused-ring (bicyclic) bond motifs is 6. The smallest absolute Gasteiger partial charge is 0.550 e. The number of aliphatic carboxylic acids is 1. The van der Waals surface area contributed by atoms with Gasteiger partial charge in [0, 0.05) is 43.4 Å². The molecular formula is C68H71B3BrKN2O8. The summed E-state index contributed by atoms with van der Waals surface area (Å²) in [7, 11) is -1.29. The third kappa shape index (κ3) is 12.8. The molecule has 8 aromatic carbocycles. The number of aromatic nitrogens is 2. The van der Waals surface area contributed by atoms with Gasteiger partial charge in [-0.3, -0.25) is 0 Å². The van der Waals surface area contributed by atoms with E-state index in [1.54, 1.807) is 0 Å². The summed E-state index contributed by atoms with van der Waals surface area (Å²) < 4.78 is 42.1. The van der Waals surface area contributed by atoms with Crippen LogP contribution in [0.1, 0.15) is 90.0 Å². The topological polar surface area (TPSA) is 105 Å². The molecule has 2 aromatic heterocycles. The summed E-state index contributed by atoms with van der Waals surface area (Å²) >= 11 is 3.52. The van der Waals surface area contributed by atoms with Crippen molar-refractivity contribution in [2.75, 3.05) is 0 Å². The van der Waals surface area contributed by atoms with Crippen molar-refractivity contribution in [1.29, 1.82) is 0 Å². The Morgan fingerprint density at radius 1 is 0.386 bits per heavy atom. The van der Waals surface area contributed by atoms with Crippen molar-refractivity contribution in [2.45, 2.75) is 124 Å². The molecule has 3 fully saturated rings. The number of carboxylic acids is 1. The Hall–Kier alpha value is -5.10. The van der Waals surface area contributed by atoms with Gasteiger partial charge in [0.15, 0.2) is 0 Å². The summed E-state index contributed by atoms with van der Waals surface area (Å²) in [5.41, 5.74) is 11.0. The van der Waals surface area contributed by atoms with Crippen LogP contribution in [0.2, 0.25) is 0 Å². The van der Waals surface area contributed by atoms with Crippen molar-refractivity contribution in [3.05, 3.63) is 199 Å². The summed E-state index contributed by atoms with van der Waals surface area (Å²) in [6, 6.07) is 68.9. The van der Waals surface area contributed by atoms with E-state index < -0.39 is 20.0 Å². The standard InChI is InChI=1S/C30H28BNO2.C24H16BrN.C12H24B2O4.C2H4O2.K/c1-29(2)30(3,4)34-31(33-29)23-17-14-21(15-18-23)22-16-19-28-26(20-22)25-12-8-9-13-27(25)32(28)24-10-6-5-7-11-24;25-19-13-10-17(11-14-19)18-12-15-24-22(16-18)21-8-4-5-9-23(21)26(24)20-6-2-1-3-7-20;1-9(2)10(3,4)16-13(15-9)14-17-11(5,6)12(7,8)18-14;1-2(3)4;/h5-20H,1-4H3;1-16H;1-8H3;1H3,(H,3,4);/q;;;;+1/p-1. The molecule has 0 radical (unpaired) electrons. The van der Waals surface area contributed by atoms with Gasteiger partial charge >= 0.3 is 72.5 Å². The van der Waals surface area contributed by atoms with Crippen molar-refractivity contribution >= 4 is 92.1 Å². The first-order valence-electron chi connectivity index (χ1n) is 28.0. The zero-order valence-corrected chi connectivity index (χ0v) is 55.0. The molecule has 10 aromatic rings. The number of carbonyl (C=O) groups excluding carboxylic acids is 1. The number of nitrogens with zero attached hydrogens (tertiary/aromatic N) is 2. The van der Waals surface area contributed by atoms with Crippen LogP contribution >= 0.6 is 15.9 Å². The van der Waals surface area contributed by atoms with Gasteiger partial charge in [0.05, 0.1) is 55.7 Å². The van der Waals surface area contributed by atoms with Gasteiger partial charge in [-0.25, -0.2) is 0 Å². The predicted octanol–water partition coefficient (Wildman–Crippen LogP) is 12.0. The Morgan fingerprint density at radius 2 is 0.675 bits per heavy atom. The molecule has 0 spiro atoms. The Labute approximate surface area is 541 Å². The van der Waals surface area contributed by atoms with E-state index in [1.807, 2.05) is 55.4 Å². The average Bonchev–Trinajstić information content (AvgIpc) is 2.42. The number of hydrogen-bond donors (Lipinski definition) is 0. The number of hydrogen-bond acceptors (Lipinski definition) is 8. The molecule has 13 rings (SSSR count). The zero-order valence-electron chi connectivity index (χ0n) is 50.2. The van der Waals surface area contributed by atoms with Crippen LogP contribution in [-0.2, 0) is 32.7 Å².